The molecule has 0 atom stereocenters. The monoisotopic (exact) mass is 192 g/mol. The lowest BCUT2D eigenvalue weighted by Crippen LogP contribution is -1.74. The predicted octanol–water partition coefficient (Wildman–Crippen LogP) is 2.78. The Balaban J connectivity index is 3.11. The SMILES string of the molecule is CCC#CCCCCC#[C][Mg][Cl]. The molecule has 12 heavy (non-hydrogen) atoms. The molecule has 0 aliphatic rings. The van der Waals surface area contributed by atoms with Gasteiger partial charge in [-0.3, -0.25) is 0 Å². The summed E-state index contributed by atoms with van der Waals surface area (Å²) in [5.41, 5.74) is 0. The van der Waals surface area contributed by atoms with Gasteiger partial charge in [-0.25, -0.2) is 4.05 Å². The zero-order chi connectivity index (χ0) is 9.07. The largest absolute Gasteiger partial charge is 0.598 e. The summed E-state index contributed by atoms with van der Waals surface area (Å²) in [5, 5.41) is 0. The quantitative estimate of drug-likeness (QED) is 0.367. The molecular weight excluding hydrogens is 180 g/mol. The summed E-state index contributed by atoms with van der Waals surface area (Å²) < 4.78 is 2.97. The van der Waals surface area contributed by atoms with Crippen LogP contribution < -0.4 is 0 Å². The van der Waals surface area contributed by atoms with Gasteiger partial charge in [-0.2, -0.15) is 0 Å². The normalized spacial score (nSPS) is 7.17. The lowest BCUT2D eigenvalue weighted by Gasteiger charge is -1.88. The van der Waals surface area contributed by atoms with E-state index in [4.69, 9.17) is 9.07 Å². The van der Waals surface area contributed by atoms with Crippen molar-refractivity contribution in [2.24, 2.45) is 0 Å². The van der Waals surface area contributed by atoms with Crippen molar-refractivity contribution in [3.63, 3.8) is 0 Å². The molecule has 0 amide bonds. The lowest BCUT2D eigenvalue weighted by atomic mass is 10.2. The minimum absolute atomic E-state index is 0.550. The second-order valence-corrected chi connectivity index (χ2v) is 3.82. The molecule has 0 rings (SSSR count). The van der Waals surface area contributed by atoms with E-state index in [0.717, 1.165) is 25.7 Å². The van der Waals surface area contributed by atoms with Crippen LogP contribution >= 0.6 is 9.07 Å². The Bertz CT molecular complexity index is 177. The van der Waals surface area contributed by atoms with Crippen molar-refractivity contribution in [2.45, 2.75) is 39.0 Å². The van der Waals surface area contributed by atoms with Gasteiger partial charge in [0.2, 0.25) is 0 Å². The van der Waals surface area contributed by atoms with Crippen LogP contribution in [0, 0.1) is 21.8 Å². The maximum Gasteiger partial charge on any atom is 0.598 e. The van der Waals surface area contributed by atoms with Crippen LogP contribution in [0.4, 0.5) is 0 Å². The van der Waals surface area contributed by atoms with Crippen LogP contribution in [0.5, 0.6) is 0 Å². The molecule has 0 unspecified atom stereocenters. The van der Waals surface area contributed by atoms with Crippen LogP contribution in [-0.2, 0) is 0 Å². The van der Waals surface area contributed by atoms with Crippen molar-refractivity contribution in [1.82, 2.24) is 0 Å². The summed E-state index contributed by atoms with van der Waals surface area (Å²) >= 11 is -0.550. The Labute approximate surface area is 88.9 Å². The summed E-state index contributed by atoms with van der Waals surface area (Å²) in [4.78, 5) is 0. The van der Waals surface area contributed by atoms with Crippen molar-refractivity contribution in [3.8, 4) is 21.8 Å². The molecule has 0 spiro atoms. The van der Waals surface area contributed by atoms with Crippen LogP contribution in [-0.4, -0.2) is 19.3 Å². The molecule has 0 saturated heterocycles. The molecule has 0 aromatic carbocycles. The standard InChI is InChI=1S/C10H13.ClH.Mg/c1-3-5-7-9-10-8-6-4-2;;/h3,6,8-10H2,1H3;1H;/q;;+1/p-1. The van der Waals surface area contributed by atoms with E-state index < -0.39 is 19.3 Å². The van der Waals surface area contributed by atoms with Crippen LogP contribution in [0.2, 0.25) is 0 Å². The third kappa shape index (κ3) is 10.2. The van der Waals surface area contributed by atoms with Gasteiger partial charge in [0.15, 0.2) is 0 Å². The molecule has 0 N–H and O–H groups in total. The third-order valence-electron chi connectivity index (χ3n) is 1.35. The molecular formula is C10H13ClMg. The topological polar surface area (TPSA) is 0 Å². The van der Waals surface area contributed by atoms with Crippen molar-refractivity contribution in [3.05, 3.63) is 0 Å². The van der Waals surface area contributed by atoms with Gasteiger partial charge in [0, 0.05) is 19.3 Å². The molecule has 0 aromatic heterocycles. The van der Waals surface area contributed by atoms with Gasteiger partial charge < -0.3 is 9.07 Å². The van der Waals surface area contributed by atoms with E-state index in [9.17, 15) is 0 Å². The van der Waals surface area contributed by atoms with E-state index in [1.165, 1.54) is 6.42 Å². The van der Waals surface area contributed by atoms with Crippen LogP contribution in [0.15, 0.2) is 0 Å². The summed E-state index contributed by atoms with van der Waals surface area (Å²) in [5.74, 6) is 9.22. The lowest BCUT2D eigenvalue weighted by molar-refractivity contribution is 0.782. The Morgan fingerprint density at radius 2 is 1.75 bits per heavy atom. The highest BCUT2D eigenvalue weighted by Crippen LogP contribution is 1.97. The molecule has 0 nitrogen and oxygen atoms in total. The van der Waals surface area contributed by atoms with Gasteiger partial charge in [0.1, 0.15) is 0 Å². The van der Waals surface area contributed by atoms with Gasteiger partial charge in [-0.15, -0.1) is 17.8 Å². The molecule has 62 valence electrons. The van der Waals surface area contributed by atoms with Gasteiger partial charge in [-0.05, 0) is 12.8 Å². The molecule has 0 aliphatic carbocycles. The molecule has 0 fully saturated rings. The van der Waals surface area contributed by atoms with Gasteiger partial charge in [-0.1, -0.05) is 6.92 Å². The molecule has 0 aromatic rings. The molecule has 0 radical (unpaired) electrons. The highest BCUT2D eigenvalue weighted by molar-refractivity contribution is 6.98. The summed E-state index contributed by atoms with van der Waals surface area (Å²) in [6, 6.07) is 0. The average molecular weight is 193 g/mol. The van der Waals surface area contributed by atoms with Crippen molar-refractivity contribution in [1.29, 1.82) is 0 Å². The number of rotatable bonds is 3. The fourth-order valence-corrected chi connectivity index (χ4v) is 1.33. The van der Waals surface area contributed by atoms with E-state index in [1.807, 2.05) is 0 Å². The van der Waals surface area contributed by atoms with E-state index in [1.54, 1.807) is 0 Å². The Kier molecular flexibility index (Phi) is 11.3. The van der Waals surface area contributed by atoms with E-state index in [-0.39, 0.29) is 0 Å². The Hall–Kier alpha value is 0.176. The van der Waals surface area contributed by atoms with Crippen LogP contribution in [0.1, 0.15) is 39.0 Å². The first-order valence-electron chi connectivity index (χ1n) is 4.39. The second kappa shape index (κ2) is 11.2. The van der Waals surface area contributed by atoms with Gasteiger partial charge in [0.05, 0.1) is 0 Å². The number of halogens is 1. The summed E-state index contributed by atoms with van der Waals surface area (Å²) in [7, 11) is 5.53. The van der Waals surface area contributed by atoms with Crippen molar-refractivity contribution in [2.75, 3.05) is 0 Å². The average Bonchev–Trinajstić information content (AvgIpc) is 2.10. The molecule has 0 heterocycles. The first-order valence-corrected chi connectivity index (χ1v) is 7.23. The van der Waals surface area contributed by atoms with E-state index >= 15 is 0 Å². The highest BCUT2D eigenvalue weighted by atomic mass is 35.5. The van der Waals surface area contributed by atoms with E-state index in [0.29, 0.717) is 0 Å². The first-order chi connectivity index (χ1) is 5.91. The second-order valence-electron chi connectivity index (χ2n) is 2.40. The summed E-state index contributed by atoms with van der Waals surface area (Å²) in [6.45, 7) is 2.07. The molecule has 0 aliphatic heterocycles. The fourth-order valence-electron chi connectivity index (χ4n) is 0.776. The smallest absolute Gasteiger partial charge is 0.316 e. The minimum Gasteiger partial charge on any atom is -0.316 e. The van der Waals surface area contributed by atoms with Crippen LogP contribution in [0.3, 0.4) is 0 Å². The zero-order valence-corrected chi connectivity index (χ0v) is 9.79. The molecule has 2 heteroatoms. The number of hydrogen-bond acceptors (Lipinski definition) is 0. The predicted molar refractivity (Wildman–Crippen MR) is 55.9 cm³/mol. The highest BCUT2D eigenvalue weighted by Gasteiger charge is 1.82. The number of hydrogen-bond donors (Lipinski definition) is 0. The third-order valence-corrected chi connectivity index (χ3v) is 2.13. The van der Waals surface area contributed by atoms with Crippen molar-refractivity contribution < 1.29 is 0 Å². The van der Waals surface area contributed by atoms with Crippen LogP contribution in [0.25, 0.3) is 0 Å². The molecule has 0 bridgehead atoms. The van der Waals surface area contributed by atoms with E-state index in [2.05, 4.69) is 28.7 Å². The summed E-state index contributed by atoms with van der Waals surface area (Å²) in [6.07, 6.45) is 5.32. The fraction of sp³-hybridized carbons (Fsp3) is 0.600. The minimum atomic E-state index is -0.550. The first kappa shape index (κ1) is 12.2. The Morgan fingerprint density at radius 3 is 2.33 bits per heavy atom. The maximum atomic E-state index is 5.53. The van der Waals surface area contributed by atoms with Crippen molar-refractivity contribution >= 4 is 28.3 Å². The van der Waals surface area contributed by atoms with Gasteiger partial charge >= 0.3 is 19.3 Å². The zero-order valence-electron chi connectivity index (χ0n) is 7.62. The maximum absolute atomic E-state index is 5.53. The number of unbranched alkanes of at least 4 members (excludes halogenated alkanes) is 3. The Morgan fingerprint density at radius 1 is 1.08 bits per heavy atom. The molecule has 0 saturated carbocycles. The van der Waals surface area contributed by atoms with Gasteiger partial charge in [0.25, 0.3) is 0 Å².